The summed E-state index contributed by atoms with van der Waals surface area (Å²) < 4.78 is 2.62. The second-order valence-corrected chi connectivity index (χ2v) is 3.10. The third-order valence-electron chi connectivity index (χ3n) is 1.65. The van der Waals surface area contributed by atoms with Gasteiger partial charge in [-0.1, -0.05) is 0 Å². The Morgan fingerprint density at radius 3 is 2.45 bits per heavy atom. The fourth-order valence-electron chi connectivity index (χ4n) is 0.952. The van der Waals surface area contributed by atoms with E-state index in [1.807, 2.05) is 0 Å². The normalized spacial score (nSPS) is 9.45. The number of unbranched alkanes of at least 4 members (excludes halogenated alkanes) is 4. The first-order valence-electron chi connectivity index (χ1n) is 4.26. The fourth-order valence-corrected chi connectivity index (χ4v) is 1.15. The van der Waals surface area contributed by atoms with E-state index in [1.165, 1.54) is 25.7 Å². The molecule has 0 aromatic heterocycles. The molecule has 0 aliphatic heterocycles. The van der Waals surface area contributed by atoms with Crippen molar-refractivity contribution in [3.8, 4) is 0 Å². The molecule has 0 spiro atoms. The summed E-state index contributed by atoms with van der Waals surface area (Å²) in [5.74, 6) is 0.168. The van der Waals surface area contributed by atoms with Gasteiger partial charge in [0.15, 0.2) is 0 Å². The molecule has 0 heterocycles. The van der Waals surface area contributed by atoms with Crippen LogP contribution in [0.3, 0.4) is 0 Å². The van der Waals surface area contributed by atoms with Crippen molar-refractivity contribution in [2.45, 2.75) is 45.4 Å². The van der Waals surface area contributed by atoms with Gasteiger partial charge in [0.1, 0.15) is 0 Å². The first-order chi connectivity index (χ1) is 5.31. The molecule has 0 bridgehead atoms. The molecule has 11 heavy (non-hydrogen) atoms. The van der Waals surface area contributed by atoms with Gasteiger partial charge in [0.25, 0.3) is 0 Å². The Hall–Kier alpha value is 0.184. The van der Waals surface area contributed by atoms with E-state index in [4.69, 9.17) is 0 Å². The Bertz CT molecular complexity index is 106. The molecule has 0 radical (unpaired) electrons. The van der Waals surface area contributed by atoms with Crippen molar-refractivity contribution in [1.29, 1.82) is 0 Å². The second kappa shape index (κ2) is 8.28. The maximum atomic E-state index is 10.7. The summed E-state index contributed by atoms with van der Waals surface area (Å²) in [4.78, 5) is 10.7. The van der Waals surface area contributed by atoms with Gasteiger partial charge >= 0.3 is 80.6 Å². The van der Waals surface area contributed by atoms with Crippen LogP contribution in [0.4, 0.5) is 0 Å². The Labute approximate surface area is 80.8 Å². The first-order valence-corrected chi connectivity index (χ1v) is 5.05. The monoisotopic (exact) mass is 190 g/mol. The number of amides is 1. The third-order valence-corrected chi connectivity index (χ3v) is 2.08. The molecule has 0 aliphatic carbocycles. The van der Waals surface area contributed by atoms with Crippen molar-refractivity contribution in [2.75, 3.05) is 0 Å². The summed E-state index contributed by atoms with van der Waals surface area (Å²) in [6.45, 7) is 2.19. The van der Waals surface area contributed by atoms with Crippen LogP contribution in [0.15, 0.2) is 0 Å². The van der Waals surface area contributed by atoms with Gasteiger partial charge in [0.2, 0.25) is 0 Å². The standard InChI is InChI=1S/C8H17NO.Ti/c1-2-3-4-5-6-7-8(9)10;/h2-7H2,1H3,(H2,9,10);/q;+1/p-1. The zero-order valence-corrected chi connectivity index (χ0v) is 8.71. The molecule has 63 valence electrons. The predicted octanol–water partition coefficient (Wildman–Crippen LogP) is 1.92. The Kier molecular flexibility index (Phi) is 8.42. The zero-order chi connectivity index (χ0) is 8.53. The van der Waals surface area contributed by atoms with Crippen molar-refractivity contribution >= 4 is 5.91 Å². The molecule has 0 aromatic carbocycles. The van der Waals surface area contributed by atoms with Gasteiger partial charge in [-0.05, 0) is 0 Å². The molecule has 1 N–H and O–H groups in total. The summed E-state index contributed by atoms with van der Waals surface area (Å²) >= 11 is 1.69. The van der Waals surface area contributed by atoms with Gasteiger partial charge in [-0.15, -0.1) is 0 Å². The molecule has 0 aliphatic rings. The molecule has 0 unspecified atom stereocenters. The molecule has 0 aromatic rings. The van der Waals surface area contributed by atoms with E-state index in [2.05, 4.69) is 10.7 Å². The van der Waals surface area contributed by atoms with Crippen molar-refractivity contribution in [3.63, 3.8) is 0 Å². The van der Waals surface area contributed by atoms with Crippen LogP contribution in [0.25, 0.3) is 0 Å². The summed E-state index contributed by atoms with van der Waals surface area (Å²) in [6, 6.07) is 0. The van der Waals surface area contributed by atoms with E-state index >= 15 is 0 Å². The summed E-state index contributed by atoms with van der Waals surface area (Å²) in [7, 11) is 0. The van der Waals surface area contributed by atoms with Crippen LogP contribution in [0.2, 0.25) is 0 Å². The van der Waals surface area contributed by atoms with Gasteiger partial charge in [-0.25, -0.2) is 0 Å². The third kappa shape index (κ3) is 8.09. The Balaban J connectivity index is 2.95. The molecular formula is C8H16NOTi. The summed E-state index contributed by atoms with van der Waals surface area (Å²) in [5.41, 5.74) is 0. The number of nitrogens with one attached hydrogen (secondary N) is 1. The SMILES string of the molecule is CCCCCCCC(=O)[NH][Ti]. The average molecular weight is 190 g/mol. The molecule has 0 atom stereocenters. The van der Waals surface area contributed by atoms with E-state index in [9.17, 15) is 4.79 Å². The Morgan fingerprint density at radius 1 is 1.27 bits per heavy atom. The van der Waals surface area contributed by atoms with Crippen LogP contribution in [0.5, 0.6) is 0 Å². The molecule has 3 heteroatoms. The van der Waals surface area contributed by atoms with Gasteiger partial charge in [0, 0.05) is 0 Å². The van der Waals surface area contributed by atoms with Crippen LogP contribution >= 0.6 is 0 Å². The van der Waals surface area contributed by atoms with E-state index in [1.54, 1.807) is 20.7 Å². The van der Waals surface area contributed by atoms with Crippen LogP contribution in [-0.2, 0) is 25.5 Å². The van der Waals surface area contributed by atoms with Crippen LogP contribution in [0, 0.1) is 0 Å². The molecule has 0 saturated heterocycles. The number of rotatable bonds is 6. The summed E-state index contributed by atoms with van der Waals surface area (Å²) in [6.07, 6.45) is 6.77. The van der Waals surface area contributed by atoms with Crippen molar-refractivity contribution in [3.05, 3.63) is 0 Å². The van der Waals surface area contributed by atoms with Crippen molar-refractivity contribution in [2.24, 2.45) is 0 Å². The molecule has 1 amide bonds. The van der Waals surface area contributed by atoms with Gasteiger partial charge in [-0.2, -0.15) is 0 Å². The summed E-state index contributed by atoms with van der Waals surface area (Å²) in [5, 5.41) is 0. The number of carbonyl (C=O) groups excluding carboxylic acids is 1. The van der Waals surface area contributed by atoms with Gasteiger partial charge < -0.3 is 0 Å². The zero-order valence-electron chi connectivity index (χ0n) is 7.15. The molecule has 0 fully saturated rings. The second-order valence-electron chi connectivity index (χ2n) is 2.71. The number of hydrogen-bond donors (Lipinski definition) is 1. The fraction of sp³-hybridized carbons (Fsp3) is 0.875. The van der Waals surface area contributed by atoms with Crippen molar-refractivity contribution in [1.82, 2.24) is 3.80 Å². The van der Waals surface area contributed by atoms with E-state index in [0.29, 0.717) is 6.42 Å². The number of hydrogen-bond acceptors (Lipinski definition) is 1. The topological polar surface area (TPSA) is 29.1 Å². The van der Waals surface area contributed by atoms with Gasteiger partial charge in [-0.3, -0.25) is 0 Å². The number of carbonyl (C=O) groups is 1. The molecule has 0 saturated carbocycles. The predicted molar refractivity (Wildman–Crippen MR) is 41.5 cm³/mol. The molecule has 2 nitrogen and oxygen atoms in total. The quantitative estimate of drug-likeness (QED) is 0.503. The Morgan fingerprint density at radius 2 is 1.91 bits per heavy atom. The van der Waals surface area contributed by atoms with Crippen molar-refractivity contribution < 1.29 is 25.5 Å². The molecule has 0 rings (SSSR count). The van der Waals surface area contributed by atoms with Gasteiger partial charge in [0.05, 0.1) is 0 Å². The van der Waals surface area contributed by atoms with Crippen LogP contribution in [-0.4, -0.2) is 5.91 Å². The van der Waals surface area contributed by atoms with E-state index in [0.717, 1.165) is 6.42 Å². The minimum absolute atomic E-state index is 0.168. The van der Waals surface area contributed by atoms with Crippen LogP contribution < -0.4 is 3.80 Å². The van der Waals surface area contributed by atoms with Crippen LogP contribution in [0.1, 0.15) is 45.4 Å². The van der Waals surface area contributed by atoms with E-state index in [-0.39, 0.29) is 5.91 Å². The maximum absolute atomic E-state index is 10.7. The minimum atomic E-state index is 0.168. The average Bonchev–Trinajstić information content (AvgIpc) is 2.04. The van der Waals surface area contributed by atoms with E-state index < -0.39 is 0 Å². The molecular weight excluding hydrogens is 174 g/mol. The first kappa shape index (κ1) is 11.2.